The van der Waals surface area contributed by atoms with Gasteiger partial charge < -0.3 is 4.90 Å². The first-order valence-electron chi connectivity index (χ1n) is 15.3. The second-order valence-electron chi connectivity index (χ2n) is 11.6. The van der Waals surface area contributed by atoms with Crippen LogP contribution in [0.1, 0.15) is 0 Å². The normalized spacial score (nSPS) is 11.9. The Morgan fingerprint density at radius 3 is 1.57 bits per heavy atom. The van der Waals surface area contributed by atoms with Gasteiger partial charge in [0.25, 0.3) is 0 Å². The van der Waals surface area contributed by atoms with Crippen molar-refractivity contribution in [1.82, 2.24) is 4.98 Å². The van der Waals surface area contributed by atoms with E-state index in [0.717, 1.165) is 33.1 Å². The summed E-state index contributed by atoms with van der Waals surface area (Å²) >= 11 is 5.49. The van der Waals surface area contributed by atoms with E-state index in [1.54, 1.807) is 11.3 Å². The zero-order valence-corrected chi connectivity index (χ0v) is 26.9. The molecule has 5 heteroatoms. The molecule has 0 aliphatic heterocycles. The third-order valence-corrected chi connectivity index (χ3v) is 12.3. The molecule has 0 saturated heterocycles. The molecule has 2 nitrogen and oxygen atoms in total. The van der Waals surface area contributed by atoms with Gasteiger partial charge in [-0.1, -0.05) is 91.0 Å². The number of thiophene rings is 2. The molecule has 216 valence electrons. The van der Waals surface area contributed by atoms with Crippen molar-refractivity contribution >= 4 is 112 Å². The first-order valence-corrected chi connectivity index (χ1v) is 17.7. The second-order valence-corrected chi connectivity index (χ2v) is 14.7. The first-order chi connectivity index (χ1) is 22.8. The van der Waals surface area contributed by atoms with Crippen LogP contribution < -0.4 is 4.90 Å². The lowest BCUT2D eigenvalue weighted by Gasteiger charge is -2.27. The standard InChI is InChI=1S/C41H24N2S3/c1-2-10-25(11-3-1)41-42-34-24-35(28-12-4-5-15-31(28)40(34)46-41)43(26-18-20-38-32(22-26)29-13-6-8-16-36(29)44-38)27-19-21-39-33(23-27)30-14-7-9-17-37(30)45-39/h1-24H. The topological polar surface area (TPSA) is 16.1 Å². The minimum atomic E-state index is 1.02. The quantitative estimate of drug-likeness (QED) is 0.190. The Bertz CT molecular complexity index is 2660. The summed E-state index contributed by atoms with van der Waals surface area (Å²) in [6.07, 6.45) is 0. The number of fused-ring (bicyclic) bond motifs is 9. The van der Waals surface area contributed by atoms with E-state index in [-0.39, 0.29) is 0 Å². The Morgan fingerprint density at radius 2 is 0.935 bits per heavy atom. The van der Waals surface area contributed by atoms with E-state index >= 15 is 0 Å². The zero-order chi connectivity index (χ0) is 30.2. The summed E-state index contributed by atoms with van der Waals surface area (Å²) in [5.41, 5.74) is 5.57. The van der Waals surface area contributed by atoms with Crippen LogP contribution in [0.5, 0.6) is 0 Å². The lowest BCUT2D eigenvalue weighted by Crippen LogP contribution is -2.10. The Morgan fingerprint density at radius 1 is 0.413 bits per heavy atom. The lowest BCUT2D eigenvalue weighted by atomic mass is 10.0. The van der Waals surface area contributed by atoms with Gasteiger partial charge in [-0.05, 0) is 54.6 Å². The van der Waals surface area contributed by atoms with Crippen molar-refractivity contribution in [3.63, 3.8) is 0 Å². The van der Waals surface area contributed by atoms with Gasteiger partial charge in [-0.3, -0.25) is 0 Å². The van der Waals surface area contributed by atoms with Crippen molar-refractivity contribution in [3.05, 3.63) is 146 Å². The van der Waals surface area contributed by atoms with Gasteiger partial charge in [0.05, 0.1) is 15.9 Å². The molecule has 0 unspecified atom stereocenters. The predicted molar refractivity (Wildman–Crippen MR) is 203 cm³/mol. The van der Waals surface area contributed by atoms with Gasteiger partial charge in [0.1, 0.15) is 5.01 Å². The smallest absolute Gasteiger partial charge is 0.124 e. The second kappa shape index (κ2) is 10.2. The van der Waals surface area contributed by atoms with Crippen molar-refractivity contribution in [3.8, 4) is 10.6 Å². The fraction of sp³-hybridized carbons (Fsp3) is 0. The van der Waals surface area contributed by atoms with Crippen LogP contribution in [0.25, 0.3) is 71.9 Å². The maximum atomic E-state index is 5.22. The minimum absolute atomic E-state index is 1.02. The van der Waals surface area contributed by atoms with Crippen LogP contribution in [-0.4, -0.2) is 4.98 Å². The highest BCUT2D eigenvalue weighted by atomic mass is 32.1. The molecule has 0 fully saturated rings. The highest BCUT2D eigenvalue weighted by Gasteiger charge is 2.21. The van der Waals surface area contributed by atoms with Gasteiger partial charge in [0, 0.05) is 68.1 Å². The first kappa shape index (κ1) is 26.2. The highest BCUT2D eigenvalue weighted by Crippen LogP contribution is 2.47. The molecule has 3 aromatic heterocycles. The summed E-state index contributed by atoms with van der Waals surface area (Å²) in [6, 6.07) is 53.0. The maximum Gasteiger partial charge on any atom is 0.124 e. The monoisotopic (exact) mass is 640 g/mol. The Hall–Kier alpha value is -5.07. The molecule has 46 heavy (non-hydrogen) atoms. The average molecular weight is 641 g/mol. The van der Waals surface area contributed by atoms with Crippen LogP contribution in [0, 0.1) is 0 Å². The number of anilines is 3. The molecule has 10 rings (SSSR count). The van der Waals surface area contributed by atoms with Crippen molar-refractivity contribution in [2.24, 2.45) is 0 Å². The minimum Gasteiger partial charge on any atom is -0.310 e. The molecule has 0 amide bonds. The third-order valence-electron chi connectivity index (χ3n) is 8.87. The number of thiazole rings is 1. The zero-order valence-electron chi connectivity index (χ0n) is 24.5. The lowest BCUT2D eigenvalue weighted by molar-refractivity contribution is 1.31. The number of benzene rings is 7. The Kier molecular flexibility index (Phi) is 5.82. The van der Waals surface area contributed by atoms with Crippen LogP contribution in [0.2, 0.25) is 0 Å². The summed E-state index contributed by atoms with van der Waals surface area (Å²) in [5, 5.41) is 8.66. The van der Waals surface area contributed by atoms with E-state index in [1.165, 1.54) is 55.8 Å². The third kappa shape index (κ3) is 4.03. The summed E-state index contributed by atoms with van der Waals surface area (Å²) in [7, 11) is 0. The summed E-state index contributed by atoms with van der Waals surface area (Å²) in [4.78, 5) is 7.67. The van der Waals surface area contributed by atoms with E-state index in [0.29, 0.717) is 0 Å². The number of nitrogens with zero attached hydrogens (tertiary/aromatic N) is 2. The maximum absolute atomic E-state index is 5.22. The van der Waals surface area contributed by atoms with Crippen molar-refractivity contribution in [1.29, 1.82) is 0 Å². The summed E-state index contributed by atoms with van der Waals surface area (Å²) in [6.45, 7) is 0. The molecule has 0 saturated carbocycles. The molecule has 0 aliphatic carbocycles. The van der Waals surface area contributed by atoms with E-state index in [1.807, 2.05) is 22.7 Å². The van der Waals surface area contributed by atoms with Crippen LogP contribution >= 0.6 is 34.0 Å². The Balaban J connectivity index is 1.28. The molecular weight excluding hydrogens is 617 g/mol. The van der Waals surface area contributed by atoms with Crippen LogP contribution in [0.3, 0.4) is 0 Å². The van der Waals surface area contributed by atoms with Gasteiger partial charge in [-0.15, -0.1) is 34.0 Å². The molecule has 0 aliphatic rings. The SMILES string of the molecule is c1ccc(-c2nc3cc(N(c4ccc5sc6ccccc6c5c4)c4ccc5sc6ccccc6c5c4)c4ccccc4c3s2)cc1. The largest absolute Gasteiger partial charge is 0.310 e. The molecule has 0 bridgehead atoms. The van der Waals surface area contributed by atoms with Crippen molar-refractivity contribution in [2.45, 2.75) is 0 Å². The van der Waals surface area contributed by atoms with Gasteiger partial charge in [-0.2, -0.15) is 0 Å². The molecule has 10 aromatic rings. The predicted octanol–water partition coefficient (Wildman–Crippen LogP) is 13.3. The van der Waals surface area contributed by atoms with Crippen LogP contribution in [0.15, 0.2) is 146 Å². The van der Waals surface area contributed by atoms with Crippen LogP contribution in [-0.2, 0) is 0 Å². The van der Waals surface area contributed by atoms with Gasteiger partial charge in [0.2, 0.25) is 0 Å². The van der Waals surface area contributed by atoms with Gasteiger partial charge in [-0.25, -0.2) is 4.98 Å². The number of hydrogen-bond acceptors (Lipinski definition) is 5. The molecule has 0 spiro atoms. The average Bonchev–Trinajstić information content (AvgIpc) is 3.82. The molecule has 0 atom stereocenters. The van der Waals surface area contributed by atoms with Crippen LogP contribution in [0.4, 0.5) is 17.1 Å². The molecule has 0 N–H and O–H groups in total. The summed E-state index contributed by atoms with van der Waals surface area (Å²) in [5.74, 6) is 0. The number of aromatic nitrogens is 1. The van der Waals surface area contributed by atoms with E-state index < -0.39 is 0 Å². The van der Waals surface area contributed by atoms with Gasteiger partial charge >= 0.3 is 0 Å². The highest BCUT2D eigenvalue weighted by molar-refractivity contribution is 7.26. The number of hydrogen-bond donors (Lipinski definition) is 0. The number of rotatable bonds is 4. The molecule has 7 aromatic carbocycles. The summed E-state index contributed by atoms with van der Waals surface area (Å²) < 4.78 is 6.45. The van der Waals surface area contributed by atoms with Gasteiger partial charge in [0.15, 0.2) is 0 Å². The molecule has 0 radical (unpaired) electrons. The van der Waals surface area contributed by atoms with Crippen molar-refractivity contribution in [2.75, 3.05) is 4.90 Å². The van der Waals surface area contributed by atoms with E-state index in [2.05, 4.69) is 150 Å². The Labute approximate surface area is 277 Å². The van der Waals surface area contributed by atoms with E-state index in [9.17, 15) is 0 Å². The van der Waals surface area contributed by atoms with Crippen molar-refractivity contribution < 1.29 is 0 Å². The molecule has 3 heterocycles. The fourth-order valence-electron chi connectivity index (χ4n) is 6.76. The van der Waals surface area contributed by atoms with E-state index in [4.69, 9.17) is 4.98 Å². The fourth-order valence-corrected chi connectivity index (χ4v) is 10.0. The molecular formula is C41H24N2S3.